The smallest absolute Gasteiger partial charge is 0.129 e. The number of hydrogen-bond donors (Lipinski definition) is 1. The number of nitrogens with one attached hydrogen (secondary N) is 1. The maximum atomic E-state index is 4.24. The van der Waals surface area contributed by atoms with Crippen molar-refractivity contribution >= 4 is 26.4 Å². The van der Waals surface area contributed by atoms with Gasteiger partial charge in [-0.1, -0.05) is 0 Å². The summed E-state index contributed by atoms with van der Waals surface area (Å²) in [6.07, 6.45) is 1.84. The van der Waals surface area contributed by atoms with Gasteiger partial charge in [-0.05, 0) is 41.9 Å². The number of halogens is 1. The predicted octanol–water partition coefficient (Wildman–Crippen LogP) is 2.26. The highest BCUT2D eigenvalue weighted by Gasteiger charge is 2.09. The fraction of sp³-hybridized carbons (Fsp3) is 0.300. The Morgan fingerprint density at radius 2 is 2.00 bits per heavy atom. The van der Waals surface area contributed by atoms with Gasteiger partial charge in [0.25, 0.3) is 0 Å². The molecule has 0 amide bonds. The van der Waals surface area contributed by atoms with Gasteiger partial charge in [0, 0.05) is 11.4 Å². The first-order valence-electron chi connectivity index (χ1n) is 4.50. The van der Waals surface area contributed by atoms with Gasteiger partial charge < -0.3 is 9.88 Å². The van der Waals surface area contributed by atoms with E-state index in [0.717, 1.165) is 17.0 Å². The van der Waals surface area contributed by atoms with Crippen LogP contribution in [0.15, 0.2) is 23.3 Å². The van der Waals surface area contributed by atoms with Crippen molar-refractivity contribution < 1.29 is 0 Å². The molecule has 0 aromatic carbocycles. The molecule has 0 fully saturated rings. The van der Waals surface area contributed by atoms with Crippen LogP contribution in [0.3, 0.4) is 0 Å². The Bertz CT molecular complexity index is 396. The molecular formula is C10H12BrN3. The number of rotatable bonds is 1. The van der Waals surface area contributed by atoms with E-state index in [2.05, 4.69) is 56.8 Å². The van der Waals surface area contributed by atoms with E-state index in [1.807, 2.05) is 6.20 Å². The number of aliphatic imine (C=N–C) groups is 1. The third-order valence-corrected chi connectivity index (χ3v) is 2.74. The second-order valence-corrected chi connectivity index (χ2v) is 4.24. The minimum atomic E-state index is 0.753. The monoisotopic (exact) mass is 253 g/mol. The summed E-state index contributed by atoms with van der Waals surface area (Å²) in [6, 6.07) is 4.20. The van der Waals surface area contributed by atoms with E-state index in [9.17, 15) is 0 Å². The second kappa shape index (κ2) is 3.61. The van der Waals surface area contributed by atoms with Crippen LogP contribution >= 0.6 is 15.9 Å². The zero-order valence-electron chi connectivity index (χ0n) is 8.21. The van der Waals surface area contributed by atoms with Gasteiger partial charge in [0.15, 0.2) is 0 Å². The molecule has 3 nitrogen and oxygen atoms in total. The molecule has 74 valence electrons. The molecule has 1 N–H and O–H groups in total. The van der Waals surface area contributed by atoms with Crippen molar-refractivity contribution in [3.05, 3.63) is 29.7 Å². The van der Waals surface area contributed by atoms with Gasteiger partial charge in [0.1, 0.15) is 10.4 Å². The lowest BCUT2D eigenvalue weighted by molar-refractivity contribution is 0.865. The third-order valence-electron chi connectivity index (χ3n) is 2.25. The first-order valence-corrected chi connectivity index (χ1v) is 5.29. The normalized spacial score (nSPS) is 15.9. The molecule has 0 spiro atoms. The SMILES string of the molecule is Cc1ccc(C)n1C1=CN=C(Br)CN1. The van der Waals surface area contributed by atoms with Gasteiger partial charge in [0.05, 0.1) is 12.7 Å². The lowest BCUT2D eigenvalue weighted by Crippen LogP contribution is -2.25. The Labute approximate surface area is 91.7 Å². The molecule has 2 heterocycles. The Morgan fingerprint density at radius 1 is 1.36 bits per heavy atom. The lowest BCUT2D eigenvalue weighted by atomic mass is 10.4. The second-order valence-electron chi connectivity index (χ2n) is 3.32. The summed E-state index contributed by atoms with van der Waals surface area (Å²) < 4.78 is 3.09. The Balaban J connectivity index is 2.41. The minimum Gasteiger partial charge on any atom is -0.364 e. The van der Waals surface area contributed by atoms with Crippen LogP contribution in [0.4, 0.5) is 0 Å². The quantitative estimate of drug-likeness (QED) is 0.818. The van der Waals surface area contributed by atoms with Crippen molar-refractivity contribution in [1.82, 2.24) is 9.88 Å². The van der Waals surface area contributed by atoms with Crippen molar-refractivity contribution in [1.29, 1.82) is 0 Å². The van der Waals surface area contributed by atoms with E-state index in [4.69, 9.17) is 0 Å². The molecule has 1 aliphatic rings. The van der Waals surface area contributed by atoms with Crippen LogP contribution in [0.1, 0.15) is 11.4 Å². The minimum absolute atomic E-state index is 0.753. The van der Waals surface area contributed by atoms with Gasteiger partial charge in [-0.3, -0.25) is 0 Å². The van der Waals surface area contributed by atoms with E-state index < -0.39 is 0 Å². The van der Waals surface area contributed by atoms with Crippen LogP contribution in [-0.4, -0.2) is 15.7 Å². The van der Waals surface area contributed by atoms with Crippen molar-refractivity contribution in [3.8, 4) is 0 Å². The van der Waals surface area contributed by atoms with Crippen LogP contribution in [0.25, 0.3) is 5.82 Å². The topological polar surface area (TPSA) is 29.3 Å². The highest BCUT2D eigenvalue weighted by atomic mass is 79.9. The van der Waals surface area contributed by atoms with E-state index in [-0.39, 0.29) is 0 Å². The zero-order valence-corrected chi connectivity index (χ0v) is 9.80. The first-order chi connectivity index (χ1) is 6.68. The summed E-state index contributed by atoms with van der Waals surface area (Å²) in [6.45, 7) is 4.93. The number of aromatic nitrogens is 1. The highest BCUT2D eigenvalue weighted by Crippen LogP contribution is 2.15. The van der Waals surface area contributed by atoms with Gasteiger partial charge in [-0.25, -0.2) is 4.99 Å². The van der Waals surface area contributed by atoms with Crippen molar-refractivity contribution in [3.63, 3.8) is 0 Å². The fourth-order valence-electron chi connectivity index (χ4n) is 1.57. The van der Waals surface area contributed by atoms with Gasteiger partial charge in [0.2, 0.25) is 0 Å². The molecule has 1 aromatic heterocycles. The Kier molecular flexibility index (Phi) is 2.46. The number of aryl methyl sites for hydroxylation is 2. The molecule has 0 radical (unpaired) electrons. The maximum absolute atomic E-state index is 4.24. The molecule has 14 heavy (non-hydrogen) atoms. The molecule has 0 aliphatic carbocycles. The van der Waals surface area contributed by atoms with Crippen LogP contribution in [0.5, 0.6) is 0 Å². The van der Waals surface area contributed by atoms with E-state index in [1.165, 1.54) is 11.4 Å². The van der Waals surface area contributed by atoms with Crippen LogP contribution in [-0.2, 0) is 0 Å². The molecular weight excluding hydrogens is 242 g/mol. The predicted molar refractivity (Wildman–Crippen MR) is 62.5 cm³/mol. The van der Waals surface area contributed by atoms with Crippen LogP contribution < -0.4 is 5.32 Å². The van der Waals surface area contributed by atoms with E-state index in [0.29, 0.717) is 0 Å². The maximum Gasteiger partial charge on any atom is 0.129 e. The summed E-state index contributed by atoms with van der Waals surface area (Å²) in [5.41, 5.74) is 2.43. The first kappa shape index (κ1) is 9.52. The van der Waals surface area contributed by atoms with Crippen LogP contribution in [0, 0.1) is 13.8 Å². The number of nitrogens with zero attached hydrogens (tertiary/aromatic N) is 2. The van der Waals surface area contributed by atoms with Crippen LogP contribution in [0.2, 0.25) is 0 Å². The van der Waals surface area contributed by atoms with E-state index in [1.54, 1.807) is 0 Å². The zero-order chi connectivity index (χ0) is 10.1. The van der Waals surface area contributed by atoms with Gasteiger partial charge in [-0.2, -0.15) is 0 Å². The standard InChI is InChI=1S/C10H12BrN3/c1-7-3-4-8(2)14(7)10-6-12-9(11)5-13-10/h3-4,6,13H,5H2,1-2H3. The van der Waals surface area contributed by atoms with Crippen molar-refractivity contribution in [2.24, 2.45) is 4.99 Å². The molecule has 0 bridgehead atoms. The van der Waals surface area contributed by atoms with Crippen molar-refractivity contribution in [2.75, 3.05) is 6.54 Å². The third kappa shape index (κ3) is 1.62. The summed E-state index contributed by atoms with van der Waals surface area (Å²) in [4.78, 5) is 4.24. The summed E-state index contributed by atoms with van der Waals surface area (Å²) in [7, 11) is 0. The summed E-state index contributed by atoms with van der Waals surface area (Å²) in [5, 5.41) is 3.30. The fourth-order valence-corrected chi connectivity index (χ4v) is 1.81. The average molecular weight is 254 g/mol. The van der Waals surface area contributed by atoms with Gasteiger partial charge >= 0.3 is 0 Å². The van der Waals surface area contributed by atoms with Crippen molar-refractivity contribution in [2.45, 2.75) is 13.8 Å². The Hall–Kier alpha value is -1.03. The molecule has 4 heteroatoms. The van der Waals surface area contributed by atoms with E-state index >= 15 is 0 Å². The molecule has 1 aromatic rings. The molecule has 0 atom stereocenters. The Morgan fingerprint density at radius 3 is 2.50 bits per heavy atom. The largest absolute Gasteiger partial charge is 0.364 e. The summed E-state index contributed by atoms with van der Waals surface area (Å²) in [5.74, 6) is 1.04. The van der Waals surface area contributed by atoms with Gasteiger partial charge in [-0.15, -0.1) is 0 Å². The summed E-state index contributed by atoms with van der Waals surface area (Å²) >= 11 is 3.35. The number of hydrogen-bond acceptors (Lipinski definition) is 2. The molecule has 0 unspecified atom stereocenters. The molecule has 0 saturated heterocycles. The molecule has 1 aliphatic heterocycles. The highest BCUT2D eigenvalue weighted by molar-refractivity contribution is 9.18. The molecule has 0 saturated carbocycles. The lowest BCUT2D eigenvalue weighted by Gasteiger charge is -2.17. The molecule has 2 rings (SSSR count). The average Bonchev–Trinajstić information content (AvgIpc) is 2.49.